The van der Waals surface area contributed by atoms with E-state index in [4.69, 9.17) is 4.74 Å². The van der Waals surface area contributed by atoms with E-state index in [0.29, 0.717) is 18.9 Å². The lowest BCUT2D eigenvalue weighted by molar-refractivity contribution is 0.328. The van der Waals surface area contributed by atoms with E-state index in [2.05, 4.69) is 21.2 Å². The van der Waals surface area contributed by atoms with Gasteiger partial charge < -0.3 is 10.1 Å². The van der Waals surface area contributed by atoms with E-state index in [9.17, 15) is 4.39 Å². The predicted octanol–water partition coefficient (Wildman–Crippen LogP) is 4.39. The Kier molecular flexibility index (Phi) is 4.80. The van der Waals surface area contributed by atoms with Crippen LogP contribution in [0.4, 0.5) is 10.1 Å². The van der Waals surface area contributed by atoms with Crippen LogP contribution in [0.15, 0.2) is 46.9 Å². The number of anilines is 1. The first-order chi connectivity index (χ1) is 9.15. The van der Waals surface area contributed by atoms with Crippen molar-refractivity contribution < 1.29 is 9.13 Å². The van der Waals surface area contributed by atoms with Gasteiger partial charge in [-0.1, -0.05) is 28.1 Å². The van der Waals surface area contributed by atoms with Gasteiger partial charge in [-0.2, -0.15) is 0 Å². The smallest absolute Gasteiger partial charge is 0.126 e. The monoisotopic (exact) mass is 323 g/mol. The zero-order chi connectivity index (χ0) is 13.7. The van der Waals surface area contributed by atoms with Crippen LogP contribution >= 0.6 is 15.9 Å². The third-order valence-corrected chi connectivity index (χ3v) is 3.16. The molecule has 0 radical (unpaired) electrons. The third-order valence-electron chi connectivity index (χ3n) is 2.66. The predicted molar refractivity (Wildman–Crippen MR) is 79.3 cm³/mol. The summed E-state index contributed by atoms with van der Waals surface area (Å²) in [6, 6.07) is 12.5. The summed E-state index contributed by atoms with van der Waals surface area (Å²) in [6.07, 6.45) is 0. The molecule has 0 saturated carbocycles. The fraction of sp³-hybridized carbons (Fsp3) is 0.200. The fourth-order valence-corrected chi connectivity index (χ4v) is 2.08. The highest BCUT2D eigenvalue weighted by molar-refractivity contribution is 9.10. The molecule has 0 aliphatic rings. The number of hydrogen-bond acceptors (Lipinski definition) is 2. The Labute approximate surface area is 120 Å². The molecule has 2 nitrogen and oxygen atoms in total. The van der Waals surface area contributed by atoms with Crippen molar-refractivity contribution in [3.63, 3.8) is 0 Å². The minimum absolute atomic E-state index is 0.277. The molecule has 0 amide bonds. The SMILES string of the molecule is Cc1ccc(F)cc1OCCNc1cccc(Br)c1. The highest BCUT2D eigenvalue weighted by Crippen LogP contribution is 2.19. The van der Waals surface area contributed by atoms with Gasteiger partial charge in [0.15, 0.2) is 0 Å². The molecule has 2 aromatic carbocycles. The Hall–Kier alpha value is -1.55. The summed E-state index contributed by atoms with van der Waals surface area (Å²) < 4.78 is 19.6. The van der Waals surface area contributed by atoms with Gasteiger partial charge >= 0.3 is 0 Å². The van der Waals surface area contributed by atoms with Crippen LogP contribution in [0, 0.1) is 12.7 Å². The molecule has 0 aliphatic carbocycles. The van der Waals surface area contributed by atoms with E-state index in [1.807, 2.05) is 31.2 Å². The van der Waals surface area contributed by atoms with Crippen molar-refractivity contribution in [2.75, 3.05) is 18.5 Å². The van der Waals surface area contributed by atoms with E-state index in [0.717, 1.165) is 15.7 Å². The number of hydrogen-bond donors (Lipinski definition) is 1. The zero-order valence-electron chi connectivity index (χ0n) is 10.6. The minimum atomic E-state index is -0.277. The fourth-order valence-electron chi connectivity index (χ4n) is 1.68. The summed E-state index contributed by atoms with van der Waals surface area (Å²) in [6.45, 7) is 3.04. The number of rotatable bonds is 5. The summed E-state index contributed by atoms with van der Waals surface area (Å²) in [5, 5.41) is 3.24. The molecule has 100 valence electrons. The summed E-state index contributed by atoms with van der Waals surface area (Å²) in [7, 11) is 0. The molecule has 0 bridgehead atoms. The molecule has 0 aliphatic heterocycles. The van der Waals surface area contributed by atoms with Gasteiger partial charge in [-0.25, -0.2) is 4.39 Å². The second kappa shape index (κ2) is 6.57. The quantitative estimate of drug-likeness (QED) is 0.824. The average Bonchev–Trinajstić information content (AvgIpc) is 2.39. The van der Waals surface area contributed by atoms with Crippen molar-refractivity contribution in [2.45, 2.75) is 6.92 Å². The van der Waals surface area contributed by atoms with E-state index in [1.54, 1.807) is 6.07 Å². The number of halogens is 2. The normalized spacial score (nSPS) is 10.3. The van der Waals surface area contributed by atoms with Crippen LogP contribution in [0.3, 0.4) is 0 Å². The van der Waals surface area contributed by atoms with E-state index in [1.165, 1.54) is 12.1 Å². The van der Waals surface area contributed by atoms with Gasteiger partial charge in [0.05, 0.1) is 0 Å². The number of nitrogens with one attached hydrogen (secondary N) is 1. The Bertz CT molecular complexity index is 560. The van der Waals surface area contributed by atoms with E-state index >= 15 is 0 Å². The first-order valence-electron chi connectivity index (χ1n) is 6.03. The second-order valence-electron chi connectivity index (χ2n) is 4.20. The van der Waals surface area contributed by atoms with Crippen LogP contribution in [-0.4, -0.2) is 13.2 Å². The zero-order valence-corrected chi connectivity index (χ0v) is 12.2. The molecule has 1 N–H and O–H groups in total. The Balaban J connectivity index is 1.82. The van der Waals surface area contributed by atoms with Crippen LogP contribution in [0.1, 0.15) is 5.56 Å². The first-order valence-corrected chi connectivity index (χ1v) is 6.83. The van der Waals surface area contributed by atoms with Crippen molar-refractivity contribution in [1.82, 2.24) is 0 Å². The van der Waals surface area contributed by atoms with Crippen molar-refractivity contribution in [3.8, 4) is 5.75 Å². The van der Waals surface area contributed by atoms with E-state index in [-0.39, 0.29) is 5.82 Å². The topological polar surface area (TPSA) is 21.3 Å². The van der Waals surface area contributed by atoms with Gasteiger partial charge in [0.25, 0.3) is 0 Å². The molecule has 0 saturated heterocycles. The van der Waals surface area contributed by atoms with Crippen LogP contribution in [-0.2, 0) is 0 Å². The number of aryl methyl sites for hydroxylation is 1. The standard InChI is InChI=1S/C15H15BrFNO/c1-11-5-6-13(17)10-15(11)19-8-7-18-14-4-2-3-12(16)9-14/h2-6,9-10,18H,7-8H2,1H3. The lowest BCUT2D eigenvalue weighted by atomic mass is 10.2. The molecule has 2 rings (SSSR count). The van der Waals surface area contributed by atoms with Gasteiger partial charge in [0.2, 0.25) is 0 Å². The Morgan fingerprint density at radius 1 is 1.21 bits per heavy atom. The average molecular weight is 324 g/mol. The molecular weight excluding hydrogens is 309 g/mol. The molecule has 0 aromatic heterocycles. The number of benzene rings is 2. The molecule has 2 aromatic rings. The molecule has 0 spiro atoms. The van der Waals surface area contributed by atoms with Gasteiger partial charge in [-0.3, -0.25) is 0 Å². The maximum absolute atomic E-state index is 13.1. The van der Waals surface area contributed by atoms with Gasteiger partial charge in [0.1, 0.15) is 18.2 Å². The number of ether oxygens (including phenoxy) is 1. The van der Waals surface area contributed by atoms with E-state index < -0.39 is 0 Å². The molecule has 0 unspecified atom stereocenters. The minimum Gasteiger partial charge on any atom is -0.491 e. The Morgan fingerprint density at radius 2 is 2.05 bits per heavy atom. The van der Waals surface area contributed by atoms with Gasteiger partial charge in [-0.15, -0.1) is 0 Å². The molecule has 0 atom stereocenters. The van der Waals surface area contributed by atoms with Crippen molar-refractivity contribution in [1.29, 1.82) is 0 Å². The molecule has 0 fully saturated rings. The first kappa shape index (κ1) is 13.9. The lowest BCUT2D eigenvalue weighted by Gasteiger charge is -2.10. The van der Waals surface area contributed by atoms with Gasteiger partial charge in [-0.05, 0) is 36.8 Å². The van der Waals surface area contributed by atoms with Crippen molar-refractivity contribution >= 4 is 21.6 Å². The lowest BCUT2D eigenvalue weighted by Crippen LogP contribution is -2.12. The van der Waals surface area contributed by atoms with Crippen LogP contribution < -0.4 is 10.1 Å². The summed E-state index contributed by atoms with van der Waals surface area (Å²) in [4.78, 5) is 0. The Morgan fingerprint density at radius 3 is 2.84 bits per heavy atom. The summed E-state index contributed by atoms with van der Waals surface area (Å²) in [5.41, 5.74) is 1.96. The molecule has 4 heteroatoms. The van der Waals surface area contributed by atoms with Gasteiger partial charge in [0, 0.05) is 22.8 Å². The third kappa shape index (κ3) is 4.24. The molecule has 19 heavy (non-hydrogen) atoms. The molecule has 0 heterocycles. The van der Waals surface area contributed by atoms with Crippen LogP contribution in [0.25, 0.3) is 0 Å². The second-order valence-corrected chi connectivity index (χ2v) is 5.11. The maximum atomic E-state index is 13.1. The largest absolute Gasteiger partial charge is 0.491 e. The van der Waals surface area contributed by atoms with Crippen LogP contribution in [0.5, 0.6) is 5.75 Å². The summed E-state index contributed by atoms with van der Waals surface area (Å²) in [5.74, 6) is 0.316. The maximum Gasteiger partial charge on any atom is 0.126 e. The highest BCUT2D eigenvalue weighted by atomic mass is 79.9. The van der Waals surface area contributed by atoms with Crippen molar-refractivity contribution in [3.05, 3.63) is 58.3 Å². The highest BCUT2D eigenvalue weighted by Gasteiger charge is 2.01. The van der Waals surface area contributed by atoms with Crippen molar-refractivity contribution in [2.24, 2.45) is 0 Å². The van der Waals surface area contributed by atoms with Crippen LogP contribution in [0.2, 0.25) is 0 Å². The summed E-state index contributed by atoms with van der Waals surface area (Å²) >= 11 is 3.41. The molecular formula is C15H15BrFNO.